The lowest BCUT2D eigenvalue weighted by molar-refractivity contribution is -0.138. The molecule has 0 aromatic heterocycles. The summed E-state index contributed by atoms with van der Waals surface area (Å²) < 4.78 is 0. The highest BCUT2D eigenvalue weighted by Gasteiger charge is 2.17. The van der Waals surface area contributed by atoms with Gasteiger partial charge >= 0.3 is 5.97 Å². The van der Waals surface area contributed by atoms with Crippen LogP contribution in [0.25, 0.3) is 0 Å². The summed E-state index contributed by atoms with van der Waals surface area (Å²) in [7, 11) is 0. The number of rotatable bonds is 6. The molecule has 1 heterocycles. The van der Waals surface area contributed by atoms with E-state index in [0.717, 1.165) is 25.9 Å². The molecule has 0 bridgehead atoms. The van der Waals surface area contributed by atoms with Gasteiger partial charge in [0.25, 0.3) is 0 Å². The second-order valence-corrected chi connectivity index (χ2v) is 4.50. The van der Waals surface area contributed by atoms with Crippen molar-refractivity contribution < 1.29 is 14.7 Å². The Morgan fingerprint density at radius 3 is 2.88 bits per heavy atom. The molecule has 0 saturated carbocycles. The van der Waals surface area contributed by atoms with Crippen molar-refractivity contribution >= 4 is 11.9 Å². The second-order valence-electron chi connectivity index (χ2n) is 4.50. The van der Waals surface area contributed by atoms with Crippen molar-refractivity contribution in [3.63, 3.8) is 0 Å². The molecule has 98 valence electrons. The fraction of sp³-hybridized carbons (Fsp3) is 0.818. The minimum absolute atomic E-state index is 0.0173. The third-order valence-corrected chi connectivity index (χ3v) is 2.97. The van der Waals surface area contributed by atoms with Gasteiger partial charge in [0, 0.05) is 13.0 Å². The quantitative estimate of drug-likeness (QED) is 0.493. The first-order chi connectivity index (χ1) is 8.09. The zero-order valence-electron chi connectivity index (χ0n) is 9.95. The van der Waals surface area contributed by atoms with Gasteiger partial charge in [-0.1, -0.05) is 0 Å². The highest BCUT2D eigenvalue weighted by Crippen LogP contribution is 2.13. The minimum atomic E-state index is -1.03. The van der Waals surface area contributed by atoms with Crippen LogP contribution in [-0.4, -0.2) is 42.7 Å². The van der Waals surface area contributed by atoms with E-state index in [0.29, 0.717) is 18.9 Å². The highest BCUT2D eigenvalue weighted by atomic mass is 16.4. The Morgan fingerprint density at radius 1 is 1.53 bits per heavy atom. The molecule has 6 nitrogen and oxygen atoms in total. The van der Waals surface area contributed by atoms with Crippen molar-refractivity contribution in [3.8, 4) is 0 Å². The van der Waals surface area contributed by atoms with Crippen LogP contribution in [0.3, 0.4) is 0 Å². The van der Waals surface area contributed by atoms with Gasteiger partial charge in [0.15, 0.2) is 0 Å². The summed E-state index contributed by atoms with van der Waals surface area (Å²) in [4.78, 5) is 22.0. The van der Waals surface area contributed by atoms with Gasteiger partial charge in [-0.3, -0.25) is 9.59 Å². The SMILES string of the molecule is NC(CCNC(=O)CC1CCCNC1)C(=O)O. The molecule has 0 aliphatic carbocycles. The summed E-state index contributed by atoms with van der Waals surface area (Å²) in [5.41, 5.74) is 5.33. The van der Waals surface area contributed by atoms with Gasteiger partial charge in [-0.05, 0) is 38.3 Å². The number of hydrogen-bond acceptors (Lipinski definition) is 4. The Bertz CT molecular complexity index is 265. The van der Waals surface area contributed by atoms with E-state index in [1.807, 2.05) is 0 Å². The van der Waals surface area contributed by atoms with Crippen LogP contribution in [0.5, 0.6) is 0 Å². The van der Waals surface area contributed by atoms with Crippen LogP contribution in [0.1, 0.15) is 25.7 Å². The van der Waals surface area contributed by atoms with Crippen LogP contribution in [0.4, 0.5) is 0 Å². The Balaban J connectivity index is 2.10. The van der Waals surface area contributed by atoms with E-state index < -0.39 is 12.0 Å². The molecule has 2 unspecified atom stereocenters. The monoisotopic (exact) mass is 243 g/mol. The maximum atomic E-state index is 11.5. The zero-order chi connectivity index (χ0) is 12.7. The van der Waals surface area contributed by atoms with Gasteiger partial charge in [0.05, 0.1) is 0 Å². The first-order valence-corrected chi connectivity index (χ1v) is 6.05. The number of carboxylic acid groups (broad SMARTS) is 1. The van der Waals surface area contributed by atoms with Crippen LogP contribution in [0, 0.1) is 5.92 Å². The molecular weight excluding hydrogens is 222 g/mol. The fourth-order valence-electron chi connectivity index (χ4n) is 1.92. The maximum absolute atomic E-state index is 11.5. The summed E-state index contributed by atoms with van der Waals surface area (Å²) in [5.74, 6) is -0.649. The standard InChI is InChI=1S/C11H21N3O3/c12-9(11(16)17)3-5-14-10(15)6-8-2-1-4-13-7-8/h8-9,13H,1-7,12H2,(H,14,15)(H,16,17). The third-order valence-electron chi connectivity index (χ3n) is 2.97. The number of carboxylic acids is 1. The molecule has 17 heavy (non-hydrogen) atoms. The Kier molecular flexibility index (Phi) is 5.93. The largest absolute Gasteiger partial charge is 0.480 e. The molecule has 5 N–H and O–H groups in total. The zero-order valence-corrected chi connectivity index (χ0v) is 9.95. The molecule has 1 saturated heterocycles. The summed E-state index contributed by atoms with van der Waals surface area (Å²) in [6.07, 6.45) is 2.97. The van der Waals surface area contributed by atoms with Crippen LogP contribution in [0.15, 0.2) is 0 Å². The lowest BCUT2D eigenvalue weighted by Crippen LogP contribution is -2.37. The smallest absolute Gasteiger partial charge is 0.320 e. The van der Waals surface area contributed by atoms with Gasteiger partial charge in [-0.15, -0.1) is 0 Å². The molecule has 0 aromatic carbocycles. The average molecular weight is 243 g/mol. The van der Waals surface area contributed by atoms with E-state index in [1.54, 1.807) is 0 Å². The number of aliphatic carboxylic acids is 1. The highest BCUT2D eigenvalue weighted by molar-refractivity contribution is 5.76. The van der Waals surface area contributed by atoms with E-state index in [1.165, 1.54) is 0 Å². The van der Waals surface area contributed by atoms with Crippen molar-refractivity contribution in [2.24, 2.45) is 11.7 Å². The number of nitrogens with two attached hydrogens (primary N) is 1. The number of carbonyl (C=O) groups excluding carboxylic acids is 1. The van der Waals surface area contributed by atoms with E-state index in [-0.39, 0.29) is 12.3 Å². The Labute approximate surface area is 101 Å². The molecule has 0 spiro atoms. The second kappa shape index (κ2) is 7.24. The molecule has 2 atom stereocenters. The van der Waals surface area contributed by atoms with Gasteiger partial charge in [0.2, 0.25) is 5.91 Å². The number of piperidine rings is 1. The molecule has 1 rings (SSSR count). The Morgan fingerprint density at radius 2 is 2.29 bits per heavy atom. The maximum Gasteiger partial charge on any atom is 0.320 e. The van der Waals surface area contributed by atoms with Crippen molar-refractivity contribution in [2.75, 3.05) is 19.6 Å². The molecule has 1 aliphatic heterocycles. The first-order valence-electron chi connectivity index (χ1n) is 6.05. The van der Waals surface area contributed by atoms with Crippen LogP contribution in [0.2, 0.25) is 0 Å². The lowest BCUT2D eigenvalue weighted by Gasteiger charge is -2.22. The van der Waals surface area contributed by atoms with Crippen molar-refractivity contribution in [1.82, 2.24) is 10.6 Å². The number of carbonyl (C=O) groups is 2. The van der Waals surface area contributed by atoms with Crippen LogP contribution >= 0.6 is 0 Å². The van der Waals surface area contributed by atoms with Crippen LogP contribution in [-0.2, 0) is 9.59 Å². The summed E-state index contributed by atoms with van der Waals surface area (Å²) in [6.45, 7) is 2.25. The van der Waals surface area contributed by atoms with Gasteiger partial charge in [0.1, 0.15) is 6.04 Å². The molecule has 0 aromatic rings. The number of amides is 1. The van der Waals surface area contributed by atoms with Crippen molar-refractivity contribution in [2.45, 2.75) is 31.7 Å². The molecule has 0 radical (unpaired) electrons. The first kappa shape index (κ1) is 13.9. The topological polar surface area (TPSA) is 104 Å². The average Bonchev–Trinajstić information content (AvgIpc) is 2.30. The summed E-state index contributed by atoms with van der Waals surface area (Å²) >= 11 is 0. The number of hydrogen-bond donors (Lipinski definition) is 4. The van der Waals surface area contributed by atoms with Gasteiger partial charge < -0.3 is 21.5 Å². The van der Waals surface area contributed by atoms with Crippen molar-refractivity contribution in [3.05, 3.63) is 0 Å². The van der Waals surface area contributed by atoms with E-state index in [9.17, 15) is 9.59 Å². The van der Waals surface area contributed by atoms with Crippen molar-refractivity contribution in [1.29, 1.82) is 0 Å². The molecule has 1 aliphatic rings. The fourth-order valence-corrected chi connectivity index (χ4v) is 1.92. The van der Waals surface area contributed by atoms with Crippen LogP contribution < -0.4 is 16.4 Å². The summed E-state index contributed by atoms with van der Waals surface area (Å²) in [5, 5.41) is 14.5. The predicted molar refractivity (Wildman–Crippen MR) is 63.4 cm³/mol. The predicted octanol–water partition coefficient (Wildman–Crippen LogP) is -0.706. The molecule has 1 amide bonds. The summed E-state index contributed by atoms with van der Waals surface area (Å²) in [6, 6.07) is -0.897. The van der Waals surface area contributed by atoms with E-state index in [2.05, 4.69) is 10.6 Å². The Hall–Kier alpha value is -1.14. The molecule has 1 fully saturated rings. The van der Waals surface area contributed by atoms with E-state index in [4.69, 9.17) is 10.8 Å². The molecule has 6 heteroatoms. The molecular formula is C11H21N3O3. The lowest BCUT2D eigenvalue weighted by atomic mass is 9.96. The number of nitrogens with one attached hydrogen (secondary N) is 2. The normalized spacial score (nSPS) is 21.8. The van der Waals surface area contributed by atoms with E-state index >= 15 is 0 Å². The minimum Gasteiger partial charge on any atom is -0.480 e. The third kappa shape index (κ3) is 5.65. The van der Waals surface area contributed by atoms with Gasteiger partial charge in [-0.25, -0.2) is 0 Å². The van der Waals surface area contributed by atoms with Gasteiger partial charge in [-0.2, -0.15) is 0 Å².